The van der Waals surface area contributed by atoms with E-state index in [1.54, 1.807) is 9.62 Å². The van der Waals surface area contributed by atoms with Gasteiger partial charge in [-0.3, -0.25) is 4.79 Å². The van der Waals surface area contributed by atoms with Gasteiger partial charge >= 0.3 is 6.09 Å². The molecule has 3 aliphatic rings. The van der Waals surface area contributed by atoms with Gasteiger partial charge in [-0.1, -0.05) is 0 Å². The molecular weight excluding hydrogens is 415 g/mol. The third-order valence-corrected chi connectivity index (χ3v) is 6.72. The molecule has 8 nitrogen and oxygen atoms in total. The second kappa shape index (κ2) is 7.72. The molecule has 2 atom stereocenters. The van der Waals surface area contributed by atoms with Gasteiger partial charge in [-0.15, -0.1) is 0 Å². The van der Waals surface area contributed by atoms with E-state index >= 15 is 0 Å². The number of benzene rings is 1. The van der Waals surface area contributed by atoms with E-state index in [1.807, 2.05) is 0 Å². The Kier molecular flexibility index (Phi) is 5.37. The molecule has 0 radical (unpaired) electrons. The summed E-state index contributed by atoms with van der Waals surface area (Å²) < 4.78 is 44.9. The lowest BCUT2D eigenvalue weighted by atomic mass is 9.91. The van der Waals surface area contributed by atoms with Crippen molar-refractivity contribution in [3.05, 3.63) is 29.1 Å². The molecule has 2 saturated heterocycles. The molecule has 3 fully saturated rings. The van der Waals surface area contributed by atoms with Gasteiger partial charge in [0, 0.05) is 18.2 Å². The smallest absolute Gasteiger partial charge is 0.407 e. The predicted octanol–water partition coefficient (Wildman–Crippen LogP) is 2.69. The molecule has 1 aromatic carbocycles. The molecule has 2 aliphatic heterocycles. The van der Waals surface area contributed by atoms with Gasteiger partial charge < -0.3 is 14.7 Å². The highest BCUT2D eigenvalue weighted by Crippen LogP contribution is 2.46. The highest BCUT2D eigenvalue weighted by atomic mass is 32.2. The lowest BCUT2D eigenvalue weighted by Crippen LogP contribution is -2.46. The molecule has 1 aromatic rings. The number of nitrogens with one attached hydrogen (secondary N) is 1. The summed E-state index contributed by atoms with van der Waals surface area (Å²) in [5.74, 6) is -1.12. The van der Waals surface area contributed by atoms with E-state index in [4.69, 9.17) is 4.74 Å². The van der Waals surface area contributed by atoms with Crippen LogP contribution in [0.5, 0.6) is 5.75 Å². The third-order valence-electron chi connectivity index (χ3n) is 6.17. The quantitative estimate of drug-likeness (QED) is 0.703. The second-order valence-electron chi connectivity index (χ2n) is 8.57. The number of carbonyl (C=O) groups excluding carboxylic acids is 1. The Balaban J connectivity index is 1.48. The topological polar surface area (TPSA) is 113 Å². The minimum Gasteiger partial charge on any atom is -0.493 e. The van der Waals surface area contributed by atoms with Crippen LogP contribution in [0.15, 0.2) is 12.1 Å². The predicted molar refractivity (Wildman–Crippen MR) is 106 cm³/mol. The average molecular weight is 440 g/mol. The van der Waals surface area contributed by atoms with Crippen molar-refractivity contribution in [3.63, 3.8) is 0 Å². The minimum absolute atomic E-state index is 0.0107. The molecule has 1 saturated carbocycles. The van der Waals surface area contributed by atoms with E-state index in [0.717, 1.165) is 50.8 Å². The standard InChI is InChI=1S/C20H25FN2O6S/c1-30(27,28)22-19(24)16-8-15(12-2-3-12)18(9-17(16)21)29-10-11-6-13-4-5-14(7-11)23(13)20(25)26/h8-9,11-14H,2-7,10H2,1H3,(H,22,24)(H,25,26). The van der Waals surface area contributed by atoms with Gasteiger partial charge in [0.25, 0.3) is 5.91 Å². The lowest BCUT2D eigenvalue weighted by molar-refractivity contribution is 0.0711. The van der Waals surface area contributed by atoms with Crippen molar-refractivity contribution in [3.8, 4) is 5.75 Å². The monoisotopic (exact) mass is 440 g/mol. The van der Waals surface area contributed by atoms with Crippen LogP contribution >= 0.6 is 0 Å². The number of ether oxygens (including phenoxy) is 1. The van der Waals surface area contributed by atoms with Crippen LogP contribution in [0, 0.1) is 11.7 Å². The van der Waals surface area contributed by atoms with Crippen LogP contribution in [0.2, 0.25) is 0 Å². The van der Waals surface area contributed by atoms with E-state index in [1.165, 1.54) is 6.07 Å². The van der Waals surface area contributed by atoms with Crippen molar-refractivity contribution in [2.45, 2.75) is 56.5 Å². The highest BCUT2D eigenvalue weighted by Gasteiger charge is 2.43. The Morgan fingerprint density at radius 2 is 1.83 bits per heavy atom. The van der Waals surface area contributed by atoms with E-state index in [9.17, 15) is 27.5 Å². The van der Waals surface area contributed by atoms with Crippen LogP contribution in [0.25, 0.3) is 0 Å². The SMILES string of the molecule is CS(=O)(=O)NC(=O)c1cc(C2CC2)c(OCC2CC3CCC(C2)N3C(=O)O)cc1F. The molecule has 2 heterocycles. The van der Waals surface area contributed by atoms with Crippen molar-refractivity contribution in [2.75, 3.05) is 12.9 Å². The zero-order valence-electron chi connectivity index (χ0n) is 16.6. The van der Waals surface area contributed by atoms with Gasteiger partial charge in [0.05, 0.1) is 18.4 Å². The summed E-state index contributed by atoms with van der Waals surface area (Å²) in [6.45, 7) is 0.356. The van der Waals surface area contributed by atoms with Gasteiger partial charge in [-0.25, -0.2) is 22.3 Å². The van der Waals surface area contributed by atoms with Gasteiger partial charge in [0.15, 0.2) is 0 Å². The molecule has 10 heteroatoms. The Morgan fingerprint density at radius 1 is 1.20 bits per heavy atom. The first kappa shape index (κ1) is 20.9. The molecule has 2 amide bonds. The molecule has 2 N–H and O–H groups in total. The number of carboxylic acid groups (broad SMARTS) is 1. The fraction of sp³-hybridized carbons (Fsp3) is 0.600. The maximum absolute atomic E-state index is 14.6. The first-order valence-electron chi connectivity index (χ1n) is 10.1. The van der Waals surface area contributed by atoms with E-state index in [2.05, 4.69) is 0 Å². The van der Waals surface area contributed by atoms with Crippen LogP contribution in [-0.2, 0) is 10.0 Å². The van der Waals surface area contributed by atoms with E-state index < -0.39 is 27.8 Å². The van der Waals surface area contributed by atoms with Crippen LogP contribution in [0.3, 0.4) is 0 Å². The number of fused-ring (bicyclic) bond motifs is 2. The Bertz CT molecular complexity index is 964. The summed E-state index contributed by atoms with van der Waals surface area (Å²) in [6, 6.07) is 2.57. The largest absolute Gasteiger partial charge is 0.493 e. The molecule has 2 bridgehead atoms. The molecule has 0 spiro atoms. The van der Waals surface area contributed by atoms with Crippen LogP contribution in [-0.4, -0.2) is 55.4 Å². The normalized spacial score (nSPS) is 25.8. The molecular formula is C20H25FN2O6S. The van der Waals surface area contributed by atoms with Gasteiger partial charge in [0.1, 0.15) is 11.6 Å². The average Bonchev–Trinajstić information content (AvgIpc) is 3.43. The summed E-state index contributed by atoms with van der Waals surface area (Å²) in [6.07, 6.45) is 4.93. The van der Waals surface area contributed by atoms with Crippen molar-refractivity contribution < 1.29 is 32.2 Å². The maximum atomic E-state index is 14.6. The van der Waals surface area contributed by atoms with Crippen molar-refractivity contribution >= 4 is 22.0 Å². The van der Waals surface area contributed by atoms with Crippen LogP contribution < -0.4 is 9.46 Å². The summed E-state index contributed by atoms with van der Waals surface area (Å²) in [4.78, 5) is 25.1. The number of halogens is 1. The summed E-state index contributed by atoms with van der Waals surface area (Å²) in [7, 11) is -3.80. The fourth-order valence-corrected chi connectivity index (χ4v) is 5.20. The van der Waals surface area contributed by atoms with Crippen molar-refractivity contribution in [2.24, 2.45) is 5.92 Å². The zero-order chi connectivity index (χ0) is 21.6. The number of piperidine rings is 1. The number of hydrogen-bond acceptors (Lipinski definition) is 5. The number of rotatable bonds is 6. The van der Waals surface area contributed by atoms with Gasteiger partial charge in [-0.2, -0.15) is 0 Å². The molecule has 4 rings (SSSR count). The third kappa shape index (κ3) is 4.38. The fourth-order valence-electron chi connectivity index (χ4n) is 4.75. The highest BCUT2D eigenvalue weighted by molar-refractivity contribution is 7.89. The second-order valence-corrected chi connectivity index (χ2v) is 10.3. The van der Waals surface area contributed by atoms with Gasteiger partial charge in [0.2, 0.25) is 10.0 Å². The van der Waals surface area contributed by atoms with E-state index in [0.29, 0.717) is 17.9 Å². The Labute approximate surface area is 174 Å². The number of amides is 2. The number of nitrogens with zero attached hydrogens (tertiary/aromatic N) is 1. The molecule has 1 aliphatic carbocycles. The maximum Gasteiger partial charge on any atom is 0.407 e. The number of hydrogen-bond donors (Lipinski definition) is 2. The minimum atomic E-state index is -3.80. The van der Waals surface area contributed by atoms with Crippen molar-refractivity contribution in [1.82, 2.24) is 9.62 Å². The molecule has 30 heavy (non-hydrogen) atoms. The van der Waals surface area contributed by atoms with Crippen molar-refractivity contribution in [1.29, 1.82) is 0 Å². The molecule has 0 aromatic heterocycles. The van der Waals surface area contributed by atoms with Crippen LogP contribution in [0.1, 0.15) is 60.4 Å². The van der Waals surface area contributed by atoms with Gasteiger partial charge in [-0.05, 0) is 62.0 Å². The zero-order valence-corrected chi connectivity index (χ0v) is 17.5. The summed E-state index contributed by atoms with van der Waals surface area (Å²) in [5, 5.41) is 9.37. The van der Waals surface area contributed by atoms with E-state index in [-0.39, 0.29) is 29.5 Å². The molecule has 2 unspecified atom stereocenters. The van der Waals surface area contributed by atoms with Crippen LogP contribution in [0.4, 0.5) is 9.18 Å². The Morgan fingerprint density at radius 3 is 2.37 bits per heavy atom. The first-order chi connectivity index (χ1) is 14.1. The summed E-state index contributed by atoms with van der Waals surface area (Å²) in [5.41, 5.74) is 0.392. The number of sulfonamides is 1. The summed E-state index contributed by atoms with van der Waals surface area (Å²) >= 11 is 0. The molecule has 164 valence electrons. The first-order valence-corrected chi connectivity index (χ1v) is 12.0. The Hall–Kier alpha value is -2.36. The number of carbonyl (C=O) groups is 2. The lowest BCUT2D eigenvalue weighted by Gasteiger charge is -2.37.